The van der Waals surface area contributed by atoms with Gasteiger partial charge in [0.2, 0.25) is 0 Å². The Hall–Kier alpha value is -3.42. The minimum absolute atomic E-state index is 0.108. The number of imidazole rings is 1. The maximum atomic E-state index is 14.2. The summed E-state index contributed by atoms with van der Waals surface area (Å²) in [6, 6.07) is 6.75. The highest BCUT2D eigenvalue weighted by Crippen LogP contribution is 2.30. The van der Waals surface area contributed by atoms with E-state index < -0.39 is 33.6 Å². The standard InChI is InChI=1S/C16H15F2N3O2S2.C4H4O4/c1-10-6-7-14(24-10)25(22,23)21-9-11(8-19-2)20-16(21)12-4-3-5-13(17)15(12)18;5-3(6)1-2-4(7)8/h3-7,9,19H,8H2,1-2H3;1-2H,(H,5,6)(H,7,8)/b;2-1+. The van der Waals surface area contributed by atoms with E-state index in [4.69, 9.17) is 10.2 Å². The fraction of sp³-hybridized carbons (Fsp3) is 0.150. The van der Waals surface area contributed by atoms with Crippen LogP contribution >= 0.6 is 11.3 Å². The summed E-state index contributed by atoms with van der Waals surface area (Å²) >= 11 is 1.10. The number of benzene rings is 1. The van der Waals surface area contributed by atoms with Crippen molar-refractivity contribution in [3.63, 3.8) is 0 Å². The molecule has 13 heteroatoms. The molecule has 0 aliphatic rings. The average molecular weight is 500 g/mol. The second-order valence-electron chi connectivity index (χ2n) is 6.36. The Bertz CT molecular complexity index is 1280. The lowest BCUT2D eigenvalue weighted by Crippen LogP contribution is -2.13. The number of aliphatic carboxylic acids is 2. The second-order valence-corrected chi connectivity index (χ2v) is 9.69. The van der Waals surface area contributed by atoms with E-state index >= 15 is 0 Å². The molecule has 2 aromatic heterocycles. The average Bonchev–Trinajstić information content (AvgIpc) is 3.36. The van der Waals surface area contributed by atoms with Crippen LogP contribution in [0.2, 0.25) is 0 Å². The normalized spacial score (nSPS) is 11.3. The third kappa shape index (κ3) is 6.54. The summed E-state index contributed by atoms with van der Waals surface area (Å²) in [6.45, 7) is 2.08. The number of thiophene rings is 1. The summed E-state index contributed by atoms with van der Waals surface area (Å²) in [5.41, 5.74) is 0.192. The van der Waals surface area contributed by atoms with Gasteiger partial charge in [-0.15, -0.1) is 11.3 Å². The first-order valence-corrected chi connectivity index (χ1v) is 11.4. The quantitative estimate of drug-likeness (QED) is 0.422. The molecule has 1 aromatic carbocycles. The Kier molecular flexibility index (Phi) is 8.56. The lowest BCUT2D eigenvalue weighted by Gasteiger charge is -2.08. The number of nitrogens with zero attached hydrogens (tertiary/aromatic N) is 2. The van der Waals surface area contributed by atoms with Crippen molar-refractivity contribution in [3.8, 4) is 11.4 Å². The summed E-state index contributed by atoms with van der Waals surface area (Å²) in [5.74, 6) is -4.87. The third-order valence-corrected chi connectivity index (χ3v) is 6.99. The SMILES string of the molecule is CNCc1cn(S(=O)(=O)c2ccc(C)s2)c(-c2cccc(F)c2F)n1.O=C(O)/C=C/C(=O)O. The molecule has 0 aliphatic carbocycles. The molecule has 3 aromatic rings. The molecule has 0 aliphatic heterocycles. The molecular formula is C20H19F2N3O6S2. The van der Waals surface area contributed by atoms with Crippen molar-refractivity contribution in [3.05, 3.63) is 70.9 Å². The van der Waals surface area contributed by atoms with Gasteiger partial charge in [0.25, 0.3) is 10.0 Å². The van der Waals surface area contributed by atoms with Gasteiger partial charge in [0.05, 0.1) is 11.3 Å². The molecule has 0 radical (unpaired) electrons. The maximum absolute atomic E-state index is 14.2. The first-order valence-electron chi connectivity index (χ1n) is 9.10. The van der Waals surface area contributed by atoms with Crippen molar-refractivity contribution in [1.82, 2.24) is 14.3 Å². The van der Waals surface area contributed by atoms with Crippen LogP contribution in [0, 0.1) is 18.6 Å². The van der Waals surface area contributed by atoms with Crippen molar-refractivity contribution < 1.29 is 37.0 Å². The molecule has 33 heavy (non-hydrogen) atoms. The van der Waals surface area contributed by atoms with Gasteiger partial charge in [0, 0.05) is 29.8 Å². The van der Waals surface area contributed by atoms with Gasteiger partial charge in [-0.2, -0.15) is 8.42 Å². The van der Waals surface area contributed by atoms with Crippen molar-refractivity contribution in [2.45, 2.75) is 17.7 Å². The summed E-state index contributed by atoms with van der Waals surface area (Å²) in [4.78, 5) is 24.1. The number of carboxylic acids is 2. The predicted molar refractivity (Wildman–Crippen MR) is 116 cm³/mol. The minimum Gasteiger partial charge on any atom is -0.478 e. The fourth-order valence-corrected chi connectivity index (χ4v) is 5.21. The zero-order valence-corrected chi connectivity index (χ0v) is 19.0. The molecule has 0 fully saturated rings. The highest BCUT2D eigenvalue weighted by Gasteiger charge is 2.26. The van der Waals surface area contributed by atoms with Crippen molar-refractivity contribution >= 4 is 33.3 Å². The zero-order valence-electron chi connectivity index (χ0n) is 17.3. The second kappa shape index (κ2) is 10.9. The number of hydrogen-bond acceptors (Lipinski definition) is 7. The zero-order chi connectivity index (χ0) is 24.8. The van der Waals surface area contributed by atoms with E-state index in [0.29, 0.717) is 17.8 Å². The topological polar surface area (TPSA) is 139 Å². The maximum Gasteiger partial charge on any atom is 0.328 e. The van der Waals surface area contributed by atoms with Crippen LogP contribution in [-0.4, -0.2) is 46.6 Å². The Balaban J connectivity index is 0.000000414. The number of nitrogens with one attached hydrogen (secondary N) is 1. The Morgan fingerprint density at radius 3 is 2.30 bits per heavy atom. The number of aryl methyl sites for hydroxylation is 1. The molecule has 0 bridgehead atoms. The van der Waals surface area contributed by atoms with E-state index in [-0.39, 0.29) is 22.1 Å². The van der Waals surface area contributed by atoms with Crippen LogP contribution in [0.25, 0.3) is 11.4 Å². The van der Waals surface area contributed by atoms with Gasteiger partial charge in [-0.1, -0.05) is 6.07 Å². The van der Waals surface area contributed by atoms with Crippen LogP contribution in [0.1, 0.15) is 10.6 Å². The van der Waals surface area contributed by atoms with Crippen LogP contribution < -0.4 is 5.32 Å². The van der Waals surface area contributed by atoms with Crippen LogP contribution in [0.15, 0.2) is 52.9 Å². The van der Waals surface area contributed by atoms with E-state index in [0.717, 1.165) is 26.3 Å². The molecular weight excluding hydrogens is 480 g/mol. The highest BCUT2D eigenvalue weighted by atomic mass is 32.2. The van der Waals surface area contributed by atoms with E-state index in [2.05, 4.69) is 10.3 Å². The van der Waals surface area contributed by atoms with Gasteiger partial charge < -0.3 is 15.5 Å². The third-order valence-electron chi connectivity index (χ3n) is 3.87. The van der Waals surface area contributed by atoms with E-state index in [1.165, 1.54) is 24.4 Å². The highest BCUT2D eigenvalue weighted by molar-refractivity contribution is 7.92. The Morgan fingerprint density at radius 2 is 1.79 bits per heavy atom. The number of halogens is 2. The number of rotatable bonds is 7. The van der Waals surface area contributed by atoms with E-state index in [1.54, 1.807) is 20.0 Å². The summed E-state index contributed by atoms with van der Waals surface area (Å²) in [5, 5.41) is 18.5. The molecule has 0 amide bonds. The molecule has 2 heterocycles. The minimum atomic E-state index is -3.97. The van der Waals surface area contributed by atoms with Gasteiger partial charge in [-0.3, -0.25) is 0 Å². The van der Waals surface area contributed by atoms with Gasteiger partial charge in [0.15, 0.2) is 17.5 Å². The van der Waals surface area contributed by atoms with Crippen molar-refractivity contribution in [2.75, 3.05) is 7.05 Å². The summed E-state index contributed by atoms with van der Waals surface area (Å²) < 4.78 is 54.7. The number of carbonyl (C=O) groups is 2. The van der Waals surface area contributed by atoms with Crippen LogP contribution in [0.4, 0.5) is 8.78 Å². The fourth-order valence-electron chi connectivity index (χ4n) is 2.51. The van der Waals surface area contributed by atoms with E-state index in [9.17, 15) is 26.8 Å². The largest absolute Gasteiger partial charge is 0.478 e. The monoisotopic (exact) mass is 499 g/mol. The molecule has 3 rings (SSSR count). The Morgan fingerprint density at radius 1 is 1.15 bits per heavy atom. The molecule has 0 atom stereocenters. The lowest BCUT2D eigenvalue weighted by atomic mass is 10.2. The first-order chi connectivity index (χ1) is 15.5. The van der Waals surface area contributed by atoms with Gasteiger partial charge in [0.1, 0.15) is 4.21 Å². The molecule has 0 spiro atoms. The number of carboxylic acid groups (broad SMARTS) is 2. The smallest absolute Gasteiger partial charge is 0.328 e. The predicted octanol–water partition coefficient (Wildman–Crippen LogP) is 2.87. The molecule has 0 saturated carbocycles. The molecule has 0 saturated heterocycles. The van der Waals surface area contributed by atoms with Gasteiger partial charge in [-0.25, -0.2) is 27.3 Å². The molecule has 3 N–H and O–H groups in total. The Labute approximate surface area is 191 Å². The van der Waals surface area contributed by atoms with Crippen LogP contribution in [-0.2, 0) is 26.2 Å². The molecule has 0 unspecified atom stereocenters. The van der Waals surface area contributed by atoms with Crippen LogP contribution in [0.5, 0.6) is 0 Å². The summed E-state index contributed by atoms with van der Waals surface area (Å²) in [6.07, 6.45) is 2.44. The number of hydrogen-bond donors (Lipinski definition) is 3. The van der Waals surface area contributed by atoms with Gasteiger partial charge >= 0.3 is 11.9 Å². The van der Waals surface area contributed by atoms with E-state index in [1.807, 2.05) is 0 Å². The molecule has 176 valence electrons. The van der Waals surface area contributed by atoms with Crippen molar-refractivity contribution in [1.29, 1.82) is 0 Å². The van der Waals surface area contributed by atoms with Gasteiger partial charge in [-0.05, 0) is 38.2 Å². The molecule has 9 nitrogen and oxygen atoms in total. The van der Waals surface area contributed by atoms with Crippen molar-refractivity contribution in [2.24, 2.45) is 0 Å². The first kappa shape index (κ1) is 25.8. The lowest BCUT2D eigenvalue weighted by molar-refractivity contribution is -0.134. The van der Waals surface area contributed by atoms with Crippen LogP contribution in [0.3, 0.4) is 0 Å². The summed E-state index contributed by atoms with van der Waals surface area (Å²) in [7, 11) is -2.29. The number of aromatic nitrogens is 2.